The number of nitrogens with zero attached hydrogens (tertiary/aromatic N) is 4. The first kappa shape index (κ1) is 20.7. The van der Waals surface area contributed by atoms with Crippen molar-refractivity contribution >= 4 is 21.6 Å². The number of imidazole rings is 1. The molecule has 4 rings (SSSR count). The van der Waals surface area contributed by atoms with E-state index in [0.29, 0.717) is 32.5 Å². The molecule has 0 bridgehead atoms. The normalized spacial score (nSPS) is 20.9. The van der Waals surface area contributed by atoms with Gasteiger partial charge < -0.3 is 19.5 Å². The number of nitrogens with one attached hydrogen (secondary N) is 1. The summed E-state index contributed by atoms with van der Waals surface area (Å²) in [6.45, 7) is 3.37. The van der Waals surface area contributed by atoms with Gasteiger partial charge in [0.2, 0.25) is 5.91 Å². The van der Waals surface area contributed by atoms with E-state index in [1.165, 1.54) is 16.8 Å². The molecule has 2 aromatic rings. The number of ether oxygens (including phenoxy) is 1. The average Bonchev–Trinajstić information content (AvgIpc) is 3.35. The Kier molecular flexibility index (Phi) is 5.96. The van der Waals surface area contributed by atoms with E-state index in [4.69, 9.17) is 4.74 Å². The number of sulfonamides is 1. The van der Waals surface area contributed by atoms with Crippen LogP contribution in [0.2, 0.25) is 0 Å². The number of aromatic amines is 1. The van der Waals surface area contributed by atoms with E-state index >= 15 is 0 Å². The molecule has 2 saturated heterocycles. The van der Waals surface area contributed by atoms with Crippen molar-refractivity contribution in [1.29, 1.82) is 0 Å². The highest BCUT2D eigenvalue weighted by Crippen LogP contribution is 2.26. The molecule has 1 aromatic carbocycles. The summed E-state index contributed by atoms with van der Waals surface area (Å²) < 4.78 is 32.2. The Morgan fingerprint density at radius 3 is 2.70 bits per heavy atom. The summed E-state index contributed by atoms with van der Waals surface area (Å²) in [4.78, 5) is 23.7. The molecule has 1 amide bonds. The number of aromatic nitrogens is 2. The number of hydrogen-bond donors (Lipinski definition) is 1. The smallest absolute Gasteiger partial charge is 0.260 e. The zero-order valence-corrected chi connectivity index (χ0v) is 17.8. The number of rotatable bonds is 5. The van der Waals surface area contributed by atoms with Crippen molar-refractivity contribution in [2.45, 2.75) is 17.9 Å². The molecule has 162 valence electrons. The van der Waals surface area contributed by atoms with Crippen LogP contribution in [0.25, 0.3) is 0 Å². The van der Waals surface area contributed by atoms with E-state index in [2.05, 4.69) is 14.9 Å². The van der Waals surface area contributed by atoms with Gasteiger partial charge in [-0.2, -0.15) is 4.31 Å². The fraction of sp³-hybridized carbons (Fsp3) is 0.500. The first-order valence-corrected chi connectivity index (χ1v) is 11.6. The number of piperidine rings is 1. The number of methoxy groups -OCH3 is 1. The molecule has 2 aliphatic rings. The predicted molar refractivity (Wildman–Crippen MR) is 112 cm³/mol. The molecule has 0 aliphatic carbocycles. The van der Waals surface area contributed by atoms with Crippen molar-refractivity contribution in [2.24, 2.45) is 5.92 Å². The predicted octanol–water partition coefficient (Wildman–Crippen LogP) is 1.17. The van der Waals surface area contributed by atoms with Crippen LogP contribution in [0, 0.1) is 5.92 Å². The minimum Gasteiger partial charge on any atom is -0.497 e. The van der Waals surface area contributed by atoms with Gasteiger partial charge in [0.15, 0.2) is 5.03 Å². The number of anilines is 1. The van der Waals surface area contributed by atoms with Crippen molar-refractivity contribution < 1.29 is 17.9 Å². The second-order valence-electron chi connectivity index (χ2n) is 7.63. The molecule has 9 nitrogen and oxygen atoms in total. The quantitative estimate of drug-likeness (QED) is 0.760. The van der Waals surface area contributed by atoms with Crippen LogP contribution in [0.5, 0.6) is 5.75 Å². The van der Waals surface area contributed by atoms with Gasteiger partial charge in [0, 0.05) is 51.0 Å². The van der Waals surface area contributed by atoms with Gasteiger partial charge in [-0.3, -0.25) is 4.79 Å². The Labute approximate surface area is 176 Å². The average molecular weight is 434 g/mol. The van der Waals surface area contributed by atoms with Gasteiger partial charge in [0.1, 0.15) is 5.75 Å². The molecule has 30 heavy (non-hydrogen) atoms. The summed E-state index contributed by atoms with van der Waals surface area (Å²) in [5.41, 5.74) is 1.08. The Balaban J connectivity index is 1.37. The Morgan fingerprint density at radius 2 is 2.00 bits per heavy atom. The van der Waals surface area contributed by atoms with Crippen molar-refractivity contribution in [3.05, 3.63) is 36.8 Å². The Morgan fingerprint density at radius 1 is 1.20 bits per heavy atom. The van der Waals surface area contributed by atoms with Crippen LogP contribution >= 0.6 is 0 Å². The van der Waals surface area contributed by atoms with Crippen molar-refractivity contribution in [2.75, 3.05) is 51.3 Å². The van der Waals surface area contributed by atoms with Gasteiger partial charge in [-0.1, -0.05) is 6.07 Å². The van der Waals surface area contributed by atoms with Crippen LogP contribution in [0.15, 0.2) is 41.8 Å². The molecular weight excluding hydrogens is 406 g/mol. The van der Waals surface area contributed by atoms with Crippen LogP contribution in [0.1, 0.15) is 12.8 Å². The number of hydrogen-bond acceptors (Lipinski definition) is 6. The maximum Gasteiger partial charge on any atom is 0.260 e. The summed E-state index contributed by atoms with van der Waals surface area (Å²) in [6, 6.07) is 7.91. The molecule has 3 heterocycles. The lowest BCUT2D eigenvalue weighted by Crippen LogP contribution is -2.53. The highest BCUT2D eigenvalue weighted by atomic mass is 32.2. The Bertz CT molecular complexity index is 971. The van der Waals surface area contributed by atoms with Crippen molar-refractivity contribution in [3.8, 4) is 5.75 Å². The van der Waals surface area contributed by atoms with Gasteiger partial charge in [0.25, 0.3) is 10.0 Å². The lowest BCUT2D eigenvalue weighted by atomic mass is 9.97. The van der Waals surface area contributed by atoms with Gasteiger partial charge in [-0.05, 0) is 25.0 Å². The van der Waals surface area contributed by atoms with E-state index in [0.717, 1.165) is 24.5 Å². The largest absolute Gasteiger partial charge is 0.497 e. The van der Waals surface area contributed by atoms with E-state index in [1.54, 1.807) is 7.11 Å². The number of H-pyrrole nitrogens is 1. The molecular formula is C20H27N5O4S. The zero-order valence-electron chi connectivity index (χ0n) is 17.0. The standard InChI is InChI=1S/C20H27N5O4S/c1-29-18-6-2-5-17(12-18)23-8-10-24(11-9-23)20(26)16-4-3-7-25(14-16)30(27,28)19-13-21-15-22-19/h2,5-6,12-13,15-16H,3-4,7-11,14H2,1H3,(H,21,22)/t16-/m0/s1. The monoisotopic (exact) mass is 433 g/mol. The van der Waals surface area contributed by atoms with E-state index in [9.17, 15) is 13.2 Å². The lowest BCUT2D eigenvalue weighted by Gasteiger charge is -2.39. The number of benzene rings is 1. The second kappa shape index (κ2) is 8.65. The third-order valence-electron chi connectivity index (χ3n) is 5.83. The SMILES string of the molecule is COc1cccc(N2CCN(C(=O)[C@H]3CCCN(S(=O)(=O)c4cnc[nH]4)C3)CC2)c1. The van der Waals surface area contributed by atoms with Crippen molar-refractivity contribution in [1.82, 2.24) is 19.2 Å². The fourth-order valence-electron chi connectivity index (χ4n) is 4.14. The zero-order chi connectivity index (χ0) is 21.1. The molecule has 1 N–H and O–H groups in total. The summed E-state index contributed by atoms with van der Waals surface area (Å²) >= 11 is 0. The number of carbonyl (C=O) groups is 1. The van der Waals surface area contributed by atoms with Crippen LogP contribution in [-0.2, 0) is 14.8 Å². The van der Waals surface area contributed by atoms with Gasteiger partial charge in [-0.15, -0.1) is 0 Å². The van der Waals surface area contributed by atoms with Crippen LogP contribution in [-0.4, -0.2) is 79.9 Å². The van der Waals surface area contributed by atoms with E-state index in [-0.39, 0.29) is 23.4 Å². The molecule has 0 saturated carbocycles. The highest BCUT2D eigenvalue weighted by molar-refractivity contribution is 7.89. The first-order chi connectivity index (χ1) is 14.5. The van der Waals surface area contributed by atoms with Crippen LogP contribution < -0.4 is 9.64 Å². The molecule has 0 radical (unpaired) electrons. The second-order valence-corrected chi connectivity index (χ2v) is 9.54. The minimum absolute atomic E-state index is 0.0461. The molecule has 2 aliphatic heterocycles. The van der Waals surface area contributed by atoms with Gasteiger partial charge in [0.05, 0.1) is 25.6 Å². The topological polar surface area (TPSA) is 98.8 Å². The molecule has 2 fully saturated rings. The summed E-state index contributed by atoms with van der Waals surface area (Å²) in [7, 11) is -1.99. The highest BCUT2D eigenvalue weighted by Gasteiger charge is 2.36. The maximum atomic E-state index is 13.1. The van der Waals surface area contributed by atoms with Gasteiger partial charge >= 0.3 is 0 Å². The number of piperazine rings is 1. The third-order valence-corrected chi connectivity index (χ3v) is 7.62. The Hall–Kier alpha value is -2.59. The minimum atomic E-state index is -3.64. The van der Waals surface area contributed by atoms with Crippen molar-refractivity contribution in [3.63, 3.8) is 0 Å². The fourth-order valence-corrected chi connectivity index (χ4v) is 5.56. The number of amides is 1. The van der Waals surface area contributed by atoms with E-state index in [1.807, 2.05) is 29.2 Å². The maximum absolute atomic E-state index is 13.1. The van der Waals surface area contributed by atoms with E-state index < -0.39 is 10.0 Å². The molecule has 0 unspecified atom stereocenters. The molecule has 0 spiro atoms. The summed E-state index contributed by atoms with van der Waals surface area (Å²) in [6.07, 6.45) is 4.04. The first-order valence-electron chi connectivity index (χ1n) is 10.2. The van der Waals surface area contributed by atoms with Crippen LogP contribution in [0.3, 0.4) is 0 Å². The molecule has 1 aromatic heterocycles. The van der Waals surface area contributed by atoms with Gasteiger partial charge in [-0.25, -0.2) is 13.4 Å². The van der Waals surface area contributed by atoms with Crippen LogP contribution in [0.4, 0.5) is 5.69 Å². The third kappa shape index (κ3) is 4.15. The number of carbonyl (C=O) groups excluding carboxylic acids is 1. The summed E-state index contributed by atoms with van der Waals surface area (Å²) in [5.74, 6) is 0.552. The lowest BCUT2D eigenvalue weighted by molar-refractivity contribution is -0.137. The summed E-state index contributed by atoms with van der Waals surface area (Å²) in [5, 5.41) is 0.0718. The molecule has 10 heteroatoms. The molecule has 1 atom stereocenters.